The minimum atomic E-state index is 0.359. The molecule has 0 saturated carbocycles. The highest BCUT2D eigenvalue weighted by molar-refractivity contribution is 5.72. The second kappa shape index (κ2) is 8.46. The van der Waals surface area contributed by atoms with Crippen molar-refractivity contribution in [2.24, 2.45) is 0 Å². The zero-order valence-electron chi connectivity index (χ0n) is 16.6. The van der Waals surface area contributed by atoms with Gasteiger partial charge in [-0.25, -0.2) is 0 Å². The van der Waals surface area contributed by atoms with E-state index in [1.165, 1.54) is 0 Å². The summed E-state index contributed by atoms with van der Waals surface area (Å²) in [6, 6.07) is 24.9. The molecule has 0 atom stereocenters. The number of nitrogens with two attached hydrogens (primary N) is 4. The van der Waals surface area contributed by atoms with Crippen molar-refractivity contribution in [1.29, 1.82) is 0 Å². The van der Waals surface area contributed by atoms with E-state index in [2.05, 4.69) is 0 Å². The number of hydrogen-bond donors (Lipinski definition) is 4. The third-order valence-corrected chi connectivity index (χ3v) is 4.56. The van der Waals surface area contributed by atoms with Crippen LogP contribution in [0, 0.1) is 0 Å². The maximum absolute atomic E-state index is 6.13. The molecule has 0 aromatic heterocycles. The molecule has 156 valence electrons. The maximum Gasteiger partial charge on any atom is 0.170 e. The highest BCUT2D eigenvalue weighted by Gasteiger charge is 2.14. The normalized spacial score (nSPS) is 10.5. The molecular formula is C24H22N4O3. The van der Waals surface area contributed by atoms with Gasteiger partial charge in [0.05, 0.1) is 22.7 Å². The molecule has 8 N–H and O–H groups in total. The minimum absolute atomic E-state index is 0.359. The first-order chi connectivity index (χ1) is 15.0. The fourth-order valence-corrected chi connectivity index (χ4v) is 2.89. The lowest BCUT2D eigenvalue weighted by Gasteiger charge is -2.16. The van der Waals surface area contributed by atoms with Crippen LogP contribution in [0.5, 0.6) is 34.5 Å². The second-order valence-corrected chi connectivity index (χ2v) is 6.72. The van der Waals surface area contributed by atoms with Gasteiger partial charge in [0, 0.05) is 0 Å². The minimum Gasteiger partial charge on any atom is -0.451 e. The summed E-state index contributed by atoms with van der Waals surface area (Å²) in [6.07, 6.45) is 0. The van der Waals surface area contributed by atoms with E-state index in [0.29, 0.717) is 57.2 Å². The number of anilines is 4. The molecule has 7 heteroatoms. The van der Waals surface area contributed by atoms with Crippen molar-refractivity contribution in [1.82, 2.24) is 0 Å². The van der Waals surface area contributed by atoms with Crippen molar-refractivity contribution < 1.29 is 14.2 Å². The fourth-order valence-electron chi connectivity index (χ4n) is 2.89. The van der Waals surface area contributed by atoms with Gasteiger partial charge in [-0.15, -0.1) is 0 Å². The van der Waals surface area contributed by atoms with Crippen LogP contribution in [0.4, 0.5) is 22.7 Å². The Morgan fingerprint density at radius 1 is 0.355 bits per heavy atom. The third-order valence-electron chi connectivity index (χ3n) is 4.56. The van der Waals surface area contributed by atoms with Crippen LogP contribution in [0.15, 0.2) is 84.9 Å². The summed E-state index contributed by atoms with van der Waals surface area (Å²) >= 11 is 0. The van der Waals surface area contributed by atoms with Crippen LogP contribution in [0.1, 0.15) is 0 Å². The van der Waals surface area contributed by atoms with Crippen LogP contribution >= 0.6 is 0 Å². The number of ether oxygens (including phenoxy) is 3. The summed E-state index contributed by atoms with van der Waals surface area (Å²) in [5, 5.41) is 0. The van der Waals surface area contributed by atoms with E-state index in [-0.39, 0.29) is 0 Å². The molecule has 31 heavy (non-hydrogen) atoms. The number of para-hydroxylation sites is 6. The van der Waals surface area contributed by atoms with Gasteiger partial charge >= 0.3 is 0 Å². The Morgan fingerprint density at radius 2 is 0.645 bits per heavy atom. The molecule has 0 heterocycles. The summed E-state index contributed by atoms with van der Waals surface area (Å²) in [5.41, 5.74) is 25.4. The summed E-state index contributed by atoms with van der Waals surface area (Å²) in [6.45, 7) is 0. The topological polar surface area (TPSA) is 132 Å². The van der Waals surface area contributed by atoms with Gasteiger partial charge in [0.15, 0.2) is 34.5 Å². The lowest BCUT2D eigenvalue weighted by atomic mass is 10.2. The first kappa shape index (κ1) is 19.8. The smallest absolute Gasteiger partial charge is 0.170 e. The van der Waals surface area contributed by atoms with Gasteiger partial charge < -0.3 is 37.1 Å². The summed E-state index contributed by atoms with van der Waals surface area (Å²) in [5.74, 6) is 2.76. The van der Waals surface area contributed by atoms with E-state index in [1.54, 1.807) is 60.7 Å². The van der Waals surface area contributed by atoms with Gasteiger partial charge in [0.2, 0.25) is 0 Å². The molecule has 4 aromatic carbocycles. The molecule has 0 amide bonds. The molecule has 0 unspecified atom stereocenters. The Hall–Kier alpha value is -4.52. The van der Waals surface area contributed by atoms with Gasteiger partial charge in [-0.05, 0) is 48.5 Å². The summed E-state index contributed by atoms with van der Waals surface area (Å²) < 4.78 is 18.1. The van der Waals surface area contributed by atoms with Crippen molar-refractivity contribution >= 4 is 22.7 Å². The van der Waals surface area contributed by atoms with Gasteiger partial charge in [-0.3, -0.25) is 0 Å². The fraction of sp³-hybridized carbons (Fsp3) is 0. The molecule has 0 saturated heterocycles. The molecule has 0 aliphatic carbocycles. The van der Waals surface area contributed by atoms with Crippen LogP contribution in [-0.4, -0.2) is 0 Å². The standard InChI is InChI=1S/C24H22N4O3/c25-15-7-5-13-21(23(15)27)30-19-11-3-1-9-17(19)29-18-10-2-4-12-20(18)31-22-14-6-8-16(26)24(22)28/h1-14H,25-28H2. The Labute approximate surface area is 179 Å². The molecule has 0 fully saturated rings. The molecule has 0 radical (unpaired) electrons. The molecule has 0 spiro atoms. The van der Waals surface area contributed by atoms with Crippen LogP contribution < -0.4 is 37.1 Å². The zero-order chi connectivity index (χ0) is 21.8. The van der Waals surface area contributed by atoms with Crippen LogP contribution in [0.25, 0.3) is 0 Å². The van der Waals surface area contributed by atoms with E-state index in [9.17, 15) is 0 Å². The molecule has 4 aromatic rings. The number of rotatable bonds is 6. The molecule has 7 nitrogen and oxygen atoms in total. The monoisotopic (exact) mass is 414 g/mol. The molecule has 0 bridgehead atoms. The molecule has 0 aliphatic rings. The Balaban J connectivity index is 1.64. The summed E-state index contributed by atoms with van der Waals surface area (Å²) in [4.78, 5) is 0. The van der Waals surface area contributed by atoms with Crippen molar-refractivity contribution in [3.8, 4) is 34.5 Å². The Morgan fingerprint density at radius 3 is 1.00 bits per heavy atom. The first-order valence-corrected chi connectivity index (χ1v) is 9.52. The second-order valence-electron chi connectivity index (χ2n) is 6.72. The van der Waals surface area contributed by atoms with Crippen molar-refractivity contribution in [3.63, 3.8) is 0 Å². The van der Waals surface area contributed by atoms with Crippen LogP contribution in [0.3, 0.4) is 0 Å². The number of hydrogen-bond acceptors (Lipinski definition) is 7. The quantitative estimate of drug-likeness (QED) is 0.311. The van der Waals surface area contributed by atoms with Crippen LogP contribution in [-0.2, 0) is 0 Å². The zero-order valence-corrected chi connectivity index (χ0v) is 16.6. The number of nitrogen functional groups attached to an aromatic ring is 4. The Kier molecular flexibility index (Phi) is 5.40. The average Bonchev–Trinajstić information content (AvgIpc) is 2.77. The van der Waals surface area contributed by atoms with Crippen molar-refractivity contribution in [3.05, 3.63) is 84.9 Å². The largest absolute Gasteiger partial charge is 0.451 e. The van der Waals surface area contributed by atoms with E-state index >= 15 is 0 Å². The predicted molar refractivity (Wildman–Crippen MR) is 124 cm³/mol. The van der Waals surface area contributed by atoms with E-state index in [0.717, 1.165) is 0 Å². The lowest BCUT2D eigenvalue weighted by molar-refractivity contribution is 0.395. The lowest BCUT2D eigenvalue weighted by Crippen LogP contribution is -1.99. The van der Waals surface area contributed by atoms with Gasteiger partial charge in [0.25, 0.3) is 0 Å². The van der Waals surface area contributed by atoms with Crippen LogP contribution in [0.2, 0.25) is 0 Å². The SMILES string of the molecule is Nc1cccc(Oc2ccccc2Oc2ccccc2Oc2cccc(N)c2N)c1N. The van der Waals surface area contributed by atoms with E-state index in [1.807, 2.05) is 24.3 Å². The Bertz CT molecular complexity index is 1130. The molecular weight excluding hydrogens is 392 g/mol. The number of benzene rings is 4. The van der Waals surface area contributed by atoms with Gasteiger partial charge in [-0.1, -0.05) is 36.4 Å². The molecule has 0 aliphatic heterocycles. The van der Waals surface area contributed by atoms with Crippen molar-refractivity contribution in [2.75, 3.05) is 22.9 Å². The van der Waals surface area contributed by atoms with E-state index < -0.39 is 0 Å². The highest BCUT2D eigenvalue weighted by Crippen LogP contribution is 2.42. The predicted octanol–water partition coefficient (Wildman–Crippen LogP) is 5.39. The highest BCUT2D eigenvalue weighted by atomic mass is 16.5. The average molecular weight is 414 g/mol. The van der Waals surface area contributed by atoms with Crippen molar-refractivity contribution in [2.45, 2.75) is 0 Å². The van der Waals surface area contributed by atoms with Gasteiger partial charge in [0.1, 0.15) is 0 Å². The van der Waals surface area contributed by atoms with E-state index in [4.69, 9.17) is 37.1 Å². The third kappa shape index (κ3) is 4.25. The van der Waals surface area contributed by atoms with Gasteiger partial charge in [-0.2, -0.15) is 0 Å². The molecule has 4 rings (SSSR count). The summed E-state index contributed by atoms with van der Waals surface area (Å²) in [7, 11) is 0. The first-order valence-electron chi connectivity index (χ1n) is 9.52. The maximum atomic E-state index is 6.13.